The molecule has 170 valence electrons. The van der Waals surface area contributed by atoms with Crippen molar-refractivity contribution < 1.29 is 4.79 Å². The fraction of sp³-hybridized carbons (Fsp3) is 0.458. The molecule has 0 aromatic carbocycles. The van der Waals surface area contributed by atoms with Crippen LogP contribution in [0.5, 0.6) is 0 Å². The molecular formula is C24H28N8O. The van der Waals surface area contributed by atoms with Crippen molar-refractivity contribution in [3.63, 3.8) is 0 Å². The Kier molecular flexibility index (Phi) is 4.60. The number of hydrogen-bond acceptors (Lipinski definition) is 5. The van der Waals surface area contributed by atoms with E-state index in [9.17, 15) is 4.79 Å². The minimum absolute atomic E-state index is 0.145. The van der Waals surface area contributed by atoms with Crippen LogP contribution in [0.3, 0.4) is 0 Å². The quantitative estimate of drug-likeness (QED) is 0.510. The minimum atomic E-state index is -0.145. The number of nitrogens with zero attached hydrogens (tertiary/aromatic N) is 7. The second kappa shape index (κ2) is 7.54. The van der Waals surface area contributed by atoms with E-state index < -0.39 is 0 Å². The topological polar surface area (TPSA) is 94.9 Å². The summed E-state index contributed by atoms with van der Waals surface area (Å²) in [5.41, 5.74) is 4.34. The molecule has 0 radical (unpaired) electrons. The molecule has 2 saturated carbocycles. The summed E-state index contributed by atoms with van der Waals surface area (Å²) in [4.78, 5) is 18.0. The summed E-state index contributed by atoms with van der Waals surface area (Å²) in [6.07, 6.45) is 8.72. The first-order valence-electron chi connectivity index (χ1n) is 11.7. The average Bonchev–Trinajstić information content (AvgIpc) is 3.60. The fourth-order valence-corrected chi connectivity index (χ4v) is 5.94. The van der Waals surface area contributed by atoms with Crippen molar-refractivity contribution in [2.75, 3.05) is 0 Å². The predicted octanol–water partition coefficient (Wildman–Crippen LogP) is 3.08. The number of rotatable bonds is 5. The monoisotopic (exact) mass is 444 g/mol. The van der Waals surface area contributed by atoms with Crippen LogP contribution in [0.1, 0.15) is 43.1 Å². The Morgan fingerprint density at radius 1 is 1.03 bits per heavy atom. The van der Waals surface area contributed by atoms with E-state index in [1.165, 1.54) is 25.7 Å². The molecule has 2 fully saturated rings. The highest BCUT2D eigenvalue weighted by molar-refractivity contribution is 5.93. The smallest absolute Gasteiger partial charge is 0.272 e. The second-order valence-electron chi connectivity index (χ2n) is 9.61. The Morgan fingerprint density at radius 3 is 2.42 bits per heavy atom. The van der Waals surface area contributed by atoms with Gasteiger partial charge < -0.3 is 5.32 Å². The zero-order valence-corrected chi connectivity index (χ0v) is 19.1. The molecule has 1 amide bonds. The fourth-order valence-electron chi connectivity index (χ4n) is 5.94. The molecule has 4 aromatic heterocycles. The Morgan fingerprint density at radius 2 is 1.79 bits per heavy atom. The second-order valence-corrected chi connectivity index (χ2v) is 9.61. The number of hydrogen-bond donors (Lipinski definition) is 1. The lowest BCUT2D eigenvalue weighted by atomic mass is 9.84. The van der Waals surface area contributed by atoms with Crippen LogP contribution in [-0.4, -0.2) is 46.1 Å². The minimum Gasteiger partial charge on any atom is -0.348 e. The van der Waals surface area contributed by atoms with Crippen molar-refractivity contribution in [2.24, 2.45) is 31.8 Å². The first kappa shape index (κ1) is 20.1. The van der Waals surface area contributed by atoms with Gasteiger partial charge in [-0.25, -0.2) is 9.50 Å². The molecule has 1 N–H and O–H groups in total. The molecule has 0 saturated heterocycles. The molecular weight excluding hydrogens is 416 g/mol. The van der Waals surface area contributed by atoms with E-state index in [1.807, 2.05) is 32.3 Å². The van der Waals surface area contributed by atoms with E-state index in [0.717, 1.165) is 34.6 Å². The summed E-state index contributed by atoms with van der Waals surface area (Å²) < 4.78 is 5.31. The number of carbonyl (C=O) groups excluding carboxylic acids is 1. The molecule has 0 spiro atoms. The Hall–Kier alpha value is -3.49. The van der Waals surface area contributed by atoms with E-state index in [1.54, 1.807) is 32.3 Å². The molecule has 2 aliphatic rings. The van der Waals surface area contributed by atoms with Crippen molar-refractivity contribution in [2.45, 2.75) is 38.6 Å². The summed E-state index contributed by atoms with van der Waals surface area (Å²) in [7, 11) is 3.77. The van der Waals surface area contributed by atoms with Crippen molar-refractivity contribution >= 4 is 11.6 Å². The van der Waals surface area contributed by atoms with E-state index in [-0.39, 0.29) is 11.9 Å². The lowest BCUT2D eigenvalue weighted by molar-refractivity contribution is 0.0910. The third-order valence-electron chi connectivity index (χ3n) is 7.62. The highest BCUT2D eigenvalue weighted by atomic mass is 16.2. The molecule has 4 atom stereocenters. The summed E-state index contributed by atoms with van der Waals surface area (Å²) in [6.45, 7) is 2.14. The molecule has 9 heteroatoms. The average molecular weight is 445 g/mol. The summed E-state index contributed by atoms with van der Waals surface area (Å²) in [6, 6.07) is 7.73. The maximum atomic E-state index is 13.2. The van der Waals surface area contributed by atoms with Gasteiger partial charge in [0, 0.05) is 38.6 Å². The van der Waals surface area contributed by atoms with Crippen LogP contribution in [0, 0.1) is 17.8 Å². The molecule has 6 rings (SSSR count). The SMILES string of the molecule is C[C@@H](NC(=O)c1cc2nc(-c3ccnn3C)cc(-c3ccnn3C)n2n1)[C@@H]1C[C@@H]2CC[C@@H]1C2. The maximum Gasteiger partial charge on any atom is 0.272 e. The molecule has 2 bridgehead atoms. The lowest BCUT2D eigenvalue weighted by Crippen LogP contribution is -2.40. The third kappa shape index (κ3) is 3.34. The molecule has 2 aliphatic carbocycles. The van der Waals surface area contributed by atoms with Crippen LogP contribution < -0.4 is 5.32 Å². The van der Waals surface area contributed by atoms with Gasteiger partial charge in [-0.05, 0) is 62.1 Å². The van der Waals surface area contributed by atoms with Crippen LogP contribution in [-0.2, 0) is 14.1 Å². The standard InChI is InChI=1S/C24H28N8O/c1-14(17-11-15-4-5-16(17)10-15)27-24(33)19-13-23-28-18(20-6-8-25-30(20)2)12-22(32(23)29-19)21-7-9-26-31(21)3/h6-9,12-17H,4-5,10-11H2,1-3H3,(H,27,33)/t14-,15-,16-,17+/m1/s1. The number of nitrogens with one attached hydrogen (secondary N) is 1. The summed E-state index contributed by atoms with van der Waals surface area (Å²) in [5.74, 6) is 2.04. The van der Waals surface area contributed by atoms with Gasteiger partial charge in [-0.2, -0.15) is 15.3 Å². The molecule has 33 heavy (non-hydrogen) atoms. The number of aryl methyl sites for hydroxylation is 2. The Balaban J connectivity index is 1.37. The van der Waals surface area contributed by atoms with Crippen LogP contribution in [0.2, 0.25) is 0 Å². The van der Waals surface area contributed by atoms with Gasteiger partial charge in [0.25, 0.3) is 5.91 Å². The van der Waals surface area contributed by atoms with Gasteiger partial charge >= 0.3 is 0 Å². The zero-order valence-electron chi connectivity index (χ0n) is 19.1. The van der Waals surface area contributed by atoms with E-state index in [4.69, 9.17) is 4.98 Å². The van der Waals surface area contributed by atoms with Gasteiger partial charge in [0.05, 0.1) is 22.8 Å². The van der Waals surface area contributed by atoms with Crippen LogP contribution >= 0.6 is 0 Å². The van der Waals surface area contributed by atoms with Crippen LogP contribution in [0.15, 0.2) is 36.7 Å². The highest BCUT2D eigenvalue weighted by Gasteiger charge is 2.42. The number of carbonyl (C=O) groups is 1. The molecule has 4 heterocycles. The summed E-state index contributed by atoms with van der Waals surface area (Å²) in [5, 5.41) is 16.5. The predicted molar refractivity (Wildman–Crippen MR) is 123 cm³/mol. The van der Waals surface area contributed by atoms with Crippen molar-refractivity contribution in [3.8, 4) is 22.8 Å². The Labute approximate surface area is 191 Å². The number of fused-ring (bicyclic) bond motifs is 3. The Bertz CT molecular complexity index is 1350. The van der Waals surface area contributed by atoms with Gasteiger partial charge in [0.1, 0.15) is 0 Å². The first-order valence-corrected chi connectivity index (χ1v) is 11.7. The van der Waals surface area contributed by atoms with E-state index >= 15 is 0 Å². The van der Waals surface area contributed by atoms with Crippen LogP contribution in [0.25, 0.3) is 28.4 Å². The van der Waals surface area contributed by atoms with Gasteiger partial charge in [-0.15, -0.1) is 0 Å². The normalized spacial score (nSPS) is 22.8. The maximum absolute atomic E-state index is 13.2. The number of amides is 1. The number of aromatic nitrogens is 7. The van der Waals surface area contributed by atoms with Crippen molar-refractivity contribution in [1.82, 2.24) is 39.5 Å². The third-order valence-corrected chi connectivity index (χ3v) is 7.62. The van der Waals surface area contributed by atoms with Crippen molar-refractivity contribution in [1.29, 1.82) is 0 Å². The van der Waals surface area contributed by atoms with E-state index in [2.05, 4.69) is 27.5 Å². The molecule has 4 aromatic rings. The highest BCUT2D eigenvalue weighted by Crippen LogP contribution is 2.49. The largest absolute Gasteiger partial charge is 0.348 e. The molecule has 0 aliphatic heterocycles. The summed E-state index contributed by atoms with van der Waals surface area (Å²) >= 11 is 0. The van der Waals surface area contributed by atoms with Gasteiger partial charge in [0.2, 0.25) is 0 Å². The lowest BCUT2D eigenvalue weighted by Gasteiger charge is -2.28. The molecule has 0 unspecified atom stereocenters. The van der Waals surface area contributed by atoms with Gasteiger partial charge in [-0.1, -0.05) is 6.42 Å². The van der Waals surface area contributed by atoms with Crippen LogP contribution in [0.4, 0.5) is 0 Å². The van der Waals surface area contributed by atoms with Gasteiger partial charge in [0.15, 0.2) is 11.3 Å². The first-order chi connectivity index (χ1) is 16.0. The molecule has 9 nitrogen and oxygen atoms in total. The van der Waals surface area contributed by atoms with Gasteiger partial charge in [-0.3, -0.25) is 14.2 Å². The van der Waals surface area contributed by atoms with Crippen molar-refractivity contribution in [3.05, 3.63) is 42.4 Å². The zero-order chi connectivity index (χ0) is 22.7. The van der Waals surface area contributed by atoms with E-state index in [0.29, 0.717) is 17.3 Å².